The van der Waals surface area contributed by atoms with Crippen molar-refractivity contribution in [2.45, 2.75) is 18.3 Å². The molecule has 0 saturated heterocycles. The molecule has 1 spiro atoms. The number of thiophene rings is 1. The Hall–Kier alpha value is -3.10. The summed E-state index contributed by atoms with van der Waals surface area (Å²) in [7, 11) is 2.23. The van der Waals surface area contributed by atoms with Gasteiger partial charge in [-0.3, -0.25) is 0 Å². The van der Waals surface area contributed by atoms with E-state index in [-0.39, 0.29) is 5.41 Å². The first-order valence-electron chi connectivity index (χ1n) is 10.6. The molecule has 2 aliphatic rings. The molecule has 0 fully saturated rings. The molecule has 5 aromatic rings. The smallest absolute Gasteiger partial charge is 0.0533 e. The quantitative estimate of drug-likeness (QED) is 0.253. The van der Waals surface area contributed by atoms with E-state index in [2.05, 4.69) is 96.6 Å². The van der Waals surface area contributed by atoms with Crippen molar-refractivity contribution < 1.29 is 0 Å². The number of hydrogen-bond donors (Lipinski definition) is 0. The van der Waals surface area contributed by atoms with Crippen LogP contribution in [0.1, 0.15) is 24.0 Å². The van der Waals surface area contributed by atoms with Crippen LogP contribution in [0.3, 0.4) is 0 Å². The van der Waals surface area contributed by atoms with Gasteiger partial charge in [-0.25, -0.2) is 0 Å². The first kappa shape index (κ1) is 16.7. The highest BCUT2D eigenvalue weighted by molar-refractivity contribution is 7.22. The predicted octanol–water partition coefficient (Wildman–Crippen LogP) is 7.68. The van der Waals surface area contributed by atoms with Gasteiger partial charge in [0.25, 0.3) is 0 Å². The van der Waals surface area contributed by atoms with E-state index in [1.54, 1.807) is 0 Å². The van der Waals surface area contributed by atoms with Gasteiger partial charge in [-0.15, -0.1) is 11.3 Å². The molecule has 30 heavy (non-hydrogen) atoms. The number of benzene rings is 3. The van der Waals surface area contributed by atoms with E-state index in [1.807, 2.05) is 11.3 Å². The molecule has 2 aliphatic carbocycles. The molecule has 2 heterocycles. The molecular formula is C28H21NS. The lowest BCUT2D eigenvalue weighted by Crippen LogP contribution is -2.21. The fourth-order valence-corrected chi connectivity index (χ4v) is 6.89. The van der Waals surface area contributed by atoms with Gasteiger partial charge in [-0.05, 0) is 59.2 Å². The predicted molar refractivity (Wildman–Crippen MR) is 128 cm³/mol. The number of fused-ring (bicyclic) bond motifs is 8. The monoisotopic (exact) mass is 403 g/mol. The van der Waals surface area contributed by atoms with Gasteiger partial charge in [-0.1, -0.05) is 60.7 Å². The minimum absolute atomic E-state index is 0.0816. The fourth-order valence-electron chi connectivity index (χ4n) is 5.83. The van der Waals surface area contributed by atoms with Gasteiger partial charge >= 0.3 is 0 Å². The number of hydrogen-bond acceptors (Lipinski definition) is 1. The second-order valence-electron chi connectivity index (χ2n) is 8.67. The topological polar surface area (TPSA) is 4.93 Å². The van der Waals surface area contributed by atoms with Crippen molar-refractivity contribution >= 4 is 32.3 Å². The summed E-state index contributed by atoms with van der Waals surface area (Å²) in [6, 6.07) is 27.1. The third kappa shape index (κ3) is 1.97. The van der Waals surface area contributed by atoms with E-state index < -0.39 is 0 Å². The zero-order valence-corrected chi connectivity index (χ0v) is 17.7. The minimum Gasteiger partial charge on any atom is -0.343 e. The Morgan fingerprint density at radius 2 is 1.67 bits per heavy atom. The van der Waals surface area contributed by atoms with E-state index >= 15 is 0 Å². The standard InChI is InChI=1S/C28H21NS/c1-29-23-10-4-3-9-21(23)26-27(29)20-13-12-19(16-22(20)28(26)14-6-7-15-28)25-17-18-8-2-5-11-24(18)30-25/h2-13,16-17H,14-15H2,1H3. The van der Waals surface area contributed by atoms with Gasteiger partial charge < -0.3 is 4.57 Å². The van der Waals surface area contributed by atoms with Crippen LogP contribution < -0.4 is 0 Å². The van der Waals surface area contributed by atoms with Crippen molar-refractivity contribution in [3.63, 3.8) is 0 Å². The van der Waals surface area contributed by atoms with Crippen molar-refractivity contribution in [2.24, 2.45) is 7.05 Å². The summed E-state index contributed by atoms with van der Waals surface area (Å²) < 4.78 is 3.77. The summed E-state index contributed by atoms with van der Waals surface area (Å²) in [4.78, 5) is 1.36. The third-order valence-corrected chi connectivity index (χ3v) is 8.35. The van der Waals surface area contributed by atoms with Crippen LogP contribution in [0.15, 0.2) is 84.9 Å². The first-order valence-corrected chi connectivity index (χ1v) is 11.4. The second-order valence-corrected chi connectivity index (χ2v) is 9.75. The van der Waals surface area contributed by atoms with Gasteiger partial charge in [0.15, 0.2) is 0 Å². The van der Waals surface area contributed by atoms with Crippen LogP contribution in [0.2, 0.25) is 0 Å². The number of nitrogens with zero attached hydrogens (tertiary/aromatic N) is 1. The lowest BCUT2D eigenvalue weighted by Gasteiger charge is -2.27. The molecule has 0 radical (unpaired) electrons. The molecule has 2 aromatic heterocycles. The maximum Gasteiger partial charge on any atom is 0.0533 e. The average Bonchev–Trinajstić information content (AvgIpc) is 3.54. The molecule has 0 bridgehead atoms. The summed E-state index contributed by atoms with van der Waals surface area (Å²) in [6.45, 7) is 0. The maximum absolute atomic E-state index is 2.49. The van der Waals surface area contributed by atoms with Crippen molar-refractivity contribution in [3.05, 3.63) is 96.1 Å². The van der Waals surface area contributed by atoms with Crippen molar-refractivity contribution in [1.82, 2.24) is 4.57 Å². The average molecular weight is 404 g/mol. The van der Waals surface area contributed by atoms with Crippen LogP contribution >= 0.6 is 11.3 Å². The zero-order chi connectivity index (χ0) is 19.9. The summed E-state index contributed by atoms with van der Waals surface area (Å²) in [5.74, 6) is 0. The van der Waals surface area contributed by atoms with Crippen molar-refractivity contribution in [2.75, 3.05) is 0 Å². The Bertz CT molecular complexity index is 1470. The molecule has 0 unspecified atom stereocenters. The van der Waals surface area contributed by atoms with E-state index in [0.29, 0.717) is 0 Å². The van der Waals surface area contributed by atoms with E-state index in [0.717, 1.165) is 12.8 Å². The molecule has 144 valence electrons. The number of para-hydroxylation sites is 1. The van der Waals surface area contributed by atoms with Crippen LogP contribution in [0.25, 0.3) is 42.7 Å². The second kappa shape index (κ2) is 5.74. The lowest BCUT2D eigenvalue weighted by atomic mass is 9.75. The molecule has 3 aromatic carbocycles. The van der Waals surface area contributed by atoms with Crippen LogP contribution in [-0.4, -0.2) is 4.57 Å². The summed E-state index contributed by atoms with van der Waals surface area (Å²) >= 11 is 1.90. The van der Waals surface area contributed by atoms with Gasteiger partial charge in [0.1, 0.15) is 0 Å². The van der Waals surface area contributed by atoms with Crippen LogP contribution in [0.5, 0.6) is 0 Å². The summed E-state index contributed by atoms with van der Waals surface area (Å²) in [6.07, 6.45) is 6.95. The Labute approximate surface area is 179 Å². The molecule has 2 heteroatoms. The Kier molecular flexibility index (Phi) is 3.19. The number of aryl methyl sites for hydroxylation is 1. The number of aromatic nitrogens is 1. The van der Waals surface area contributed by atoms with Crippen LogP contribution in [-0.2, 0) is 12.5 Å². The zero-order valence-electron chi connectivity index (χ0n) is 16.9. The first-order chi connectivity index (χ1) is 14.8. The number of allylic oxidation sites excluding steroid dienone is 2. The fraction of sp³-hybridized carbons (Fsp3) is 0.143. The normalized spacial score (nSPS) is 16.0. The molecule has 0 aliphatic heterocycles. The van der Waals surface area contributed by atoms with E-state index in [9.17, 15) is 0 Å². The van der Waals surface area contributed by atoms with Crippen LogP contribution in [0, 0.1) is 0 Å². The van der Waals surface area contributed by atoms with Gasteiger partial charge in [0.2, 0.25) is 0 Å². The van der Waals surface area contributed by atoms with Gasteiger partial charge in [0, 0.05) is 38.5 Å². The number of rotatable bonds is 1. The molecule has 0 N–H and O–H groups in total. The molecule has 0 atom stereocenters. The largest absolute Gasteiger partial charge is 0.343 e. The van der Waals surface area contributed by atoms with Gasteiger partial charge in [0.05, 0.1) is 5.69 Å². The SMILES string of the molecule is Cn1c2c(c3ccccc31)C1(CC=CC1)c1cc(-c3cc4ccccc4s3)ccc1-2. The highest BCUT2D eigenvalue weighted by Crippen LogP contribution is 2.58. The third-order valence-electron chi connectivity index (χ3n) is 7.19. The molecule has 0 saturated carbocycles. The summed E-state index contributed by atoms with van der Waals surface area (Å²) in [5, 5.41) is 2.75. The highest BCUT2D eigenvalue weighted by atomic mass is 32.1. The van der Waals surface area contributed by atoms with Crippen molar-refractivity contribution in [3.8, 4) is 21.7 Å². The highest BCUT2D eigenvalue weighted by Gasteiger charge is 2.46. The molecule has 7 rings (SSSR count). The maximum atomic E-state index is 2.49. The van der Waals surface area contributed by atoms with Crippen molar-refractivity contribution in [1.29, 1.82) is 0 Å². The Morgan fingerprint density at radius 3 is 2.53 bits per heavy atom. The molecule has 0 amide bonds. The van der Waals surface area contributed by atoms with Crippen LogP contribution in [0.4, 0.5) is 0 Å². The van der Waals surface area contributed by atoms with E-state index in [4.69, 9.17) is 0 Å². The Morgan fingerprint density at radius 1 is 0.867 bits per heavy atom. The van der Waals surface area contributed by atoms with E-state index in [1.165, 1.54) is 53.8 Å². The lowest BCUT2D eigenvalue weighted by molar-refractivity contribution is 0.577. The molecule has 1 nitrogen and oxygen atoms in total. The summed E-state index contributed by atoms with van der Waals surface area (Å²) in [5.41, 5.74) is 8.64. The Balaban J connectivity index is 1.51. The minimum atomic E-state index is 0.0816. The molecular weight excluding hydrogens is 382 g/mol. The van der Waals surface area contributed by atoms with Gasteiger partial charge in [-0.2, -0.15) is 0 Å².